The van der Waals surface area contributed by atoms with Crippen molar-refractivity contribution in [3.63, 3.8) is 0 Å². The van der Waals surface area contributed by atoms with E-state index in [2.05, 4.69) is 20.2 Å². The minimum atomic E-state index is -0.734. The van der Waals surface area contributed by atoms with E-state index >= 15 is 0 Å². The van der Waals surface area contributed by atoms with E-state index in [1.807, 2.05) is 48.7 Å². The van der Waals surface area contributed by atoms with Crippen molar-refractivity contribution in [1.82, 2.24) is 15.0 Å². The summed E-state index contributed by atoms with van der Waals surface area (Å²) in [6.45, 7) is 1.60. The molecule has 0 spiro atoms. The highest BCUT2D eigenvalue weighted by Gasteiger charge is 2.38. The minimum absolute atomic E-state index is 0.00782. The predicted molar refractivity (Wildman–Crippen MR) is 135 cm³/mol. The van der Waals surface area contributed by atoms with Crippen molar-refractivity contribution in [3.8, 4) is 11.3 Å². The number of alkyl halides is 1. The number of hydrogen-bond acceptors (Lipinski definition) is 6. The van der Waals surface area contributed by atoms with Crippen LogP contribution >= 0.6 is 0 Å². The molecule has 1 saturated carbocycles. The Labute approximate surface area is 201 Å². The molecule has 1 aliphatic carbocycles. The van der Waals surface area contributed by atoms with Gasteiger partial charge in [0.05, 0.1) is 40.3 Å². The molecule has 2 unspecified atom stereocenters. The van der Waals surface area contributed by atoms with E-state index < -0.39 is 6.17 Å². The van der Waals surface area contributed by atoms with Crippen LogP contribution in [0, 0.1) is 0 Å². The number of rotatable bonds is 5. The number of aliphatic hydroxyl groups is 1. The van der Waals surface area contributed by atoms with Crippen LogP contribution in [0.3, 0.4) is 0 Å². The number of halogens is 1. The second-order valence-electron chi connectivity index (χ2n) is 9.35. The number of piperidine rings is 1. The Kier molecular flexibility index (Phi) is 5.45. The van der Waals surface area contributed by atoms with Crippen molar-refractivity contribution in [1.29, 1.82) is 0 Å². The van der Waals surface area contributed by atoms with E-state index in [1.165, 1.54) is 0 Å². The molecule has 2 fully saturated rings. The highest BCUT2D eigenvalue weighted by atomic mass is 19.1. The summed E-state index contributed by atoms with van der Waals surface area (Å²) < 4.78 is 13.4. The third-order valence-electron chi connectivity index (χ3n) is 6.92. The Bertz CT molecular complexity index is 1410. The molecular weight excluding hydrogens is 445 g/mol. The molecule has 178 valence electrons. The molecule has 0 radical (unpaired) electrons. The Morgan fingerprint density at radius 3 is 2.54 bits per heavy atom. The fraction of sp³-hybridized carbons (Fsp3) is 0.296. The first-order valence-electron chi connectivity index (χ1n) is 12.0. The largest absolute Gasteiger partial charge is 0.393 e. The van der Waals surface area contributed by atoms with Crippen molar-refractivity contribution < 1.29 is 9.50 Å². The van der Waals surface area contributed by atoms with Crippen LogP contribution in [0.2, 0.25) is 0 Å². The van der Waals surface area contributed by atoms with Crippen molar-refractivity contribution in [2.24, 2.45) is 0 Å². The lowest BCUT2D eigenvalue weighted by Crippen LogP contribution is -2.35. The Morgan fingerprint density at radius 1 is 1.09 bits per heavy atom. The topological polar surface area (TPSA) is 94.1 Å². The molecule has 2 aliphatic rings. The molecule has 4 heterocycles. The third-order valence-corrected chi connectivity index (χ3v) is 6.92. The predicted octanol–water partition coefficient (Wildman–Crippen LogP) is 4.52. The van der Waals surface area contributed by atoms with Crippen LogP contribution in [0.1, 0.15) is 30.7 Å². The van der Waals surface area contributed by atoms with Gasteiger partial charge in [-0.3, -0.25) is 4.79 Å². The fourth-order valence-electron chi connectivity index (χ4n) is 4.76. The normalized spacial score (nSPS) is 20.2. The van der Waals surface area contributed by atoms with E-state index in [1.54, 1.807) is 12.3 Å². The van der Waals surface area contributed by atoms with Gasteiger partial charge in [0.25, 0.3) is 5.56 Å². The summed E-state index contributed by atoms with van der Waals surface area (Å²) in [5.74, 6) is 0.624. The van der Waals surface area contributed by atoms with E-state index in [0.29, 0.717) is 34.5 Å². The zero-order valence-corrected chi connectivity index (χ0v) is 19.1. The second-order valence-corrected chi connectivity index (χ2v) is 9.35. The smallest absolute Gasteiger partial charge is 0.259 e. The van der Waals surface area contributed by atoms with Crippen LogP contribution in [0.4, 0.5) is 21.6 Å². The highest BCUT2D eigenvalue weighted by Crippen LogP contribution is 2.43. The molecular formula is C27H26FN5O2. The van der Waals surface area contributed by atoms with E-state index in [9.17, 15) is 14.3 Å². The number of pyridine rings is 3. The quantitative estimate of drug-likeness (QED) is 0.396. The molecule has 7 nitrogen and oxygen atoms in total. The van der Waals surface area contributed by atoms with Gasteiger partial charge in [0.2, 0.25) is 0 Å². The van der Waals surface area contributed by atoms with Crippen LogP contribution in [-0.2, 0) is 0 Å². The summed E-state index contributed by atoms with van der Waals surface area (Å²) in [7, 11) is 0. The van der Waals surface area contributed by atoms with Gasteiger partial charge >= 0.3 is 0 Å². The van der Waals surface area contributed by atoms with Gasteiger partial charge in [-0.15, -0.1) is 0 Å². The van der Waals surface area contributed by atoms with Gasteiger partial charge in [0, 0.05) is 30.8 Å². The van der Waals surface area contributed by atoms with Crippen molar-refractivity contribution in [2.75, 3.05) is 23.3 Å². The maximum Gasteiger partial charge on any atom is 0.259 e. The lowest BCUT2D eigenvalue weighted by Gasteiger charge is -2.31. The van der Waals surface area contributed by atoms with Crippen LogP contribution in [0.25, 0.3) is 22.2 Å². The number of aliphatic hydroxyl groups excluding tert-OH is 1. The average Bonchev–Trinajstić information content (AvgIpc) is 3.61. The van der Waals surface area contributed by atoms with E-state index in [4.69, 9.17) is 4.98 Å². The van der Waals surface area contributed by atoms with Crippen LogP contribution in [0.5, 0.6) is 0 Å². The van der Waals surface area contributed by atoms with E-state index in [0.717, 1.165) is 42.7 Å². The number of fused-ring (bicyclic) bond motifs is 1. The molecule has 1 aliphatic heterocycles. The molecule has 4 aromatic rings. The van der Waals surface area contributed by atoms with Crippen molar-refractivity contribution in [2.45, 2.75) is 37.5 Å². The lowest BCUT2D eigenvalue weighted by molar-refractivity contribution is 0.145. The molecule has 0 amide bonds. The van der Waals surface area contributed by atoms with Crippen LogP contribution in [0.15, 0.2) is 65.7 Å². The molecule has 1 saturated heterocycles. The molecule has 2 atom stereocenters. The average molecular weight is 472 g/mol. The first-order valence-corrected chi connectivity index (χ1v) is 12.0. The molecule has 3 aromatic heterocycles. The summed E-state index contributed by atoms with van der Waals surface area (Å²) in [4.78, 5) is 26.9. The van der Waals surface area contributed by atoms with Crippen molar-refractivity contribution >= 4 is 28.1 Å². The van der Waals surface area contributed by atoms with Gasteiger partial charge in [-0.05, 0) is 49.1 Å². The van der Waals surface area contributed by atoms with Gasteiger partial charge < -0.3 is 20.3 Å². The zero-order valence-electron chi connectivity index (χ0n) is 19.1. The number of benzene rings is 1. The Balaban J connectivity index is 1.31. The third kappa shape index (κ3) is 4.37. The number of nitrogens with zero attached hydrogens (tertiary/aromatic N) is 3. The summed E-state index contributed by atoms with van der Waals surface area (Å²) >= 11 is 0. The summed E-state index contributed by atoms with van der Waals surface area (Å²) in [6.07, 6.45) is 4.54. The highest BCUT2D eigenvalue weighted by molar-refractivity contribution is 5.94. The van der Waals surface area contributed by atoms with Crippen LogP contribution < -0.4 is 15.8 Å². The number of H-pyrrole nitrogens is 1. The molecule has 3 N–H and O–H groups in total. The maximum atomic E-state index is 13.4. The molecule has 8 heteroatoms. The summed E-state index contributed by atoms with van der Waals surface area (Å²) in [5.41, 5.74) is 4.58. The molecule has 6 rings (SSSR count). The Hall–Kier alpha value is -3.78. The van der Waals surface area contributed by atoms with Crippen molar-refractivity contribution in [3.05, 3.63) is 76.8 Å². The number of hydrogen-bond donors (Lipinski definition) is 3. The lowest BCUT2D eigenvalue weighted by atomic mass is 10.0. The molecule has 35 heavy (non-hydrogen) atoms. The van der Waals surface area contributed by atoms with Gasteiger partial charge in [-0.1, -0.05) is 24.3 Å². The number of aromatic nitrogens is 3. The minimum Gasteiger partial charge on any atom is -0.393 e. The number of aromatic amines is 1. The Morgan fingerprint density at radius 2 is 1.86 bits per heavy atom. The first kappa shape index (κ1) is 21.7. The summed E-state index contributed by atoms with van der Waals surface area (Å²) in [6, 6.07) is 15.3. The maximum absolute atomic E-state index is 13.4. The second kappa shape index (κ2) is 8.78. The molecule has 0 bridgehead atoms. The molecule has 1 aromatic carbocycles. The van der Waals surface area contributed by atoms with Gasteiger partial charge in [-0.25, -0.2) is 14.4 Å². The number of anilines is 3. The SMILES string of the molecule is O=c1[nH]ccc2nc(-c3ccc(C4CC4F)cc3)cc(Nc3ccc(N4CCC(O)CC4)cn3)c12. The first-order chi connectivity index (χ1) is 17.0. The van der Waals surface area contributed by atoms with Crippen LogP contribution in [-0.4, -0.2) is 45.4 Å². The van der Waals surface area contributed by atoms with Gasteiger partial charge in [0.15, 0.2) is 0 Å². The monoisotopic (exact) mass is 471 g/mol. The van der Waals surface area contributed by atoms with Gasteiger partial charge in [0.1, 0.15) is 12.0 Å². The van der Waals surface area contributed by atoms with Gasteiger partial charge in [-0.2, -0.15) is 0 Å². The number of nitrogens with one attached hydrogen (secondary N) is 2. The fourth-order valence-corrected chi connectivity index (χ4v) is 4.76. The standard InChI is InChI=1S/C27H26FN5O2/c28-21-13-20(21)16-1-3-17(4-2-16)23-14-24(26-22(31-23)7-10-29-27(26)35)32-25-6-5-18(15-30-25)33-11-8-19(34)9-12-33/h1-7,10,14-15,19-21,34H,8-9,11-13H2,(H,29,35)(H,30,31,32). The summed E-state index contributed by atoms with van der Waals surface area (Å²) in [5, 5.41) is 13.5. The zero-order chi connectivity index (χ0) is 23.9. The van der Waals surface area contributed by atoms with E-state index in [-0.39, 0.29) is 17.6 Å².